The molecule has 2 atom stereocenters. The highest BCUT2D eigenvalue weighted by molar-refractivity contribution is 5.98. The van der Waals surface area contributed by atoms with Crippen molar-refractivity contribution in [3.8, 4) is 0 Å². The second-order valence-electron chi connectivity index (χ2n) is 6.77. The van der Waals surface area contributed by atoms with Gasteiger partial charge in [-0.3, -0.25) is 9.59 Å². The molecule has 1 aliphatic rings. The fourth-order valence-electron chi connectivity index (χ4n) is 3.71. The minimum absolute atomic E-state index is 0.0997. The van der Waals surface area contributed by atoms with Crippen LogP contribution in [0.3, 0.4) is 0 Å². The summed E-state index contributed by atoms with van der Waals surface area (Å²) >= 11 is 0. The van der Waals surface area contributed by atoms with Gasteiger partial charge in [-0.2, -0.15) is 0 Å². The van der Waals surface area contributed by atoms with Gasteiger partial charge >= 0.3 is 0 Å². The largest absolute Gasteiger partial charge is 0.461 e. The maximum atomic E-state index is 12.8. The first-order valence-corrected chi connectivity index (χ1v) is 8.67. The SMILES string of the molecule is CC(=O)N[C@@H]1Cc2ccccc2[C@H]1NC(=O)c1ccc2oc(C)cc2c1. The monoisotopic (exact) mass is 348 g/mol. The normalized spacial score (nSPS) is 18.5. The minimum atomic E-state index is -0.246. The number of benzene rings is 2. The fourth-order valence-corrected chi connectivity index (χ4v) is 3.71. The summed E-state index contributed by atoms with van der Waals surface area (Å²) in [6, 6.07) is 14.9. The number of furan rings is 1. The molecule has 1 aromatic heterocycles. The molecule has 4 rings (SSSR count). The average Bonchev–Trinajstić information content (AvgIpc) is 3.13. The minimum Gasteiger partial charge on any atom is -0.461 e. The number of rotatable bonds is 3. The van der Waals surface area contributed by atoms with Crippen LogP contribution in [0.2, 0.25) is 0 Å². The van der Waals surface area contributed by atoms with Crippen LogP contribution >= 0.6 is 0 Å². The molecule has 0 saturated carbocycles. The topological polar surface area (TPSA) is 71.3 Å². The van der Waals surface area contributed by atoms with Gasteiger partial charge in [0.1, 0.15) is 11.3 Å². The van der Waals surface area contributed by atoms with E-state index >= 15 is 0 Å². The first-order chi connectivity index (χ1) is 12.5. The predicted octanol–water partition coefficient (Wildman–Crippen LogP) is 3.27. The van der Waals surface area contributed by atoms with Crippen molar-refractivity contribution in [2.75, 3.05) is 0 Å². The van der Waals surface area contributed by atoms with Crippen LogP contribution in [0.15, 0.2) is 52.9 Å². The summed E-state index contributed by atoms with van der Waals surface area (Å²) in [6.45, 7) is 3.38. The van der Waals surface area contributed by atoms with Gasteiger partial charge in [0.25, 0.3) is 5.91 Å². The molecule has 0 fully saturated rings. The molecule has 2 amide bonds. The molecule has 5 heteroatoms. The van der Waals surface area contributed by atoms with E-state index in [0.29, 0.717) is 12.0 Å². The van der Waals surface area contributed by atoms with Crippen molar-refractivity contribution < 1.29 is 14.0 Å². The van der Waals surface area contributed by atoms with Gasteiger partial charge in [0.15, 0.2) is 0 Å². The molecule has 0 saturated heterocycles. The first kappa shape index (κ1) is 16.4. The first-order valence-electron chi connectivity index (χ1n) is 8.67. The van der Waals surface area contributed by atoms with Crippen molar-refractivity contribution in [1.29, 1.82) is 0 Å². The van der Waals surface area contributed by atoms with Crippen molar-refractivity contribution >= 4 is 22.8 Å². The Morgan fingerprint density at radius 2 is 1.88 bits per heavy atom. The molecular formula is C21H20N2O3. The van der Waals surface area contributed by atoms with Gasteiger partial charge < -0.3 is 15.1 Å². The van der Waals surface area contributed by atoms with Crippen molar-refractivity contribution in [2.45, 2.75) is 32.4 Å². The maximum Gasteiger partial charge on any atom is 0.251 e. The maximum absolute atomic E-state index is 12.8. The van der Waals surface area contributed by atoms with E-state index < -0.39 is 0 Å². The van der Waals surface area contributed by atoms with E-state index in [1.807, 2.05) is 49.4 Å². The predicted molar refractivity (Wildman–Crippen MR) is 98.9 cm³/mol. The van der Waals surface area contributed by atoms with Gasteiger partial charge in [0.05, 0.1) is 12.1 Å². The van der Waals surface area contributed by atoms with E-state index in [0.717, 1.165) is 27.9 Å². The number of hydrogen-bond donors (Lipinski definition) is 2. The van der Waals surface area contributed by atoms with Crippen LogP contribution in [0.1, 0.15) is 40.2 Å². The molecule has 26 heavy (non-hydrogen) atoms. The highest BCUT2D eigenvalue weighted by atomic mass is 16.3. The highest BCUT2D eigenvalue weighted by Crippen LogP contribution is 2.32. The Balaban J connectivity index is 1.62. The van der Waals surface area contributed by atoms with E-state index in [9.17, 15) is 9.59 Å². The summed E-state index contributed by atoms with van der Waals surface area (Å²) < 4.78 is 5.56. The third-order valence-electron chi connectivity index (χ3n) is 4.81. The number of hydrogen-bond acceptors (Lipinski definition) is 3. The second-order valence-corrected chi connectivity index (χ2v) is 6.77. The highest BCUT2D eigenvalue weighted by Gasteiger charge is 2.34. The van der Waals surface area contributed by atoms with Crippen LogP contribution in [0, 0.1) is 6.92 Å². The molecule has 3 aromatic rings. The molecular weight excluding hydrogens is 328 g/mol. The molecule has 0 bridgehead atoms. The molecule has 0 spiro atoms. The van der Waals surface area contributed by atoms with E-state index in [1.165, 1.54) is 6.92 Å². The van der Waals surface area contributed by atoms with Gasteiger partial charge in [0.2, 0.25) is 5.91 Å². The number of nitrogens with one attached hydrogen (secondary N) is 2. The van der Waals surface area contributed by atoms with E-state index in [-0.39, 0.29) is 23.9 Å². The molecule has 1 aliphatic carbocycles. The van der Waals surface area contributed by atoms with Crippen molar-refractivity contribution in [3.05, 3.63) is 71.0 Å². The molecule has 2 aromatic carbocycles. The molecule has 5 nitrogen and oxygen atoms in total. The number of fused-ring (bicyclic) bond motifs is 2. The summed E-state index contributed by atoms with van der Waals surface area (Å²) in [5, 5.41) is 6.96. The van der Waals surface area contributed by atoms with Gasteiger partial charge in [-0.15, -0.1) is 0 Å². The molecule has 1 heterocycles. The zero-order chi connectivity index (χ0) is 18.3. The standard InChI is InChI=1S/C21H20N2O3/c1-12-9-16-10-15(7-8-19(16)26-12)21(25)23-20-17-6-4-3-5-14(17)11-18(20)22-13(2)24/h3-10,18,20H,11H2,1-2H3,(H,22,24)(H,23,25)/t18-,20-/m1/s1. The van der Waals surface area contributed by atoms with Crippen molar-refractivity contribution in [2.24, 2.45) is 0 Å². The second kappa shape index (κ2) is 6.33. The Morgan fingerprint density at radius 1 is 1.08 bits per heavy atom. The van der Waals surface area contributed by atoms with Gasteiger partial charge in [-0.25, -0.2) is 0 Å². The quantitative estimate of drug-likeness (QED) is 0.763. The Labute approximate surface area is 151 Å². The Hall–Kier alpha value is -3.08. The lowest BCUT2D eigenvalue weighted by atomic mass is 10.1. The van der Waals surface area contributed by atoms with Crippen molar-refractivity contribution in [1.82, 2.24) is 10.6 Å². The van der Waals surface area contributed by atoms with Gasteiger partial charge in [-0.1, -0.05) is 24.3 Å². The molecule has 0 radical (unpaired) electrons. The third-order valence-corrected chi connectivity index (χ3v) is 4.81. The zero-order valence-corrected chi connectivity index (χ0v) is 14.7. The summed E-state index contributed by atoms with van der Waals surface area (Å²) in [5.74, 6) is 0.549. The fraction of sp³-hybridized carbons (Fsp3) is 0.238. The van der Waals surface area contributed by atoms with Crippen LogP contribution in [-0.2, 0) is 11.2 Å². The van der Waals surface area contributed by atoms with Crippen LogP contribution in [0.25, 0.3) is 11.0 Å². The van der Waals surface area contributed by atoms with E-state index in [2.05, 4.69) is 10.6 Å². The molecule has 0 aliphatic heterocycles. The molecule has 2 N–H and O–H groups in total. The van der Waals surface area contributed by atoms with Crippen molar-refractivity contribution in [3.63, 3.8) is 0 Å². The summed E-state index contributed by atoms with van der Waals surface area (Å²) in [4.78, 5) is 24.4. The van der Waals surface area contributed by atoms with Crippen LogP contribution < -0.4 is 10.6 Å². The Morgan fingerprint density at radius 3 is 2.69 bits per heavy atom. The lowest BCUT2D eigenvalue weighted by Crippen LogP contribution is -2.43. The van der Waals surface area contributed by atoms with E-state index in [1.54, 1.807) is 6.07 Å². The van der Waals surface area contributed by atoms with Gasteiger partial charge in [-0.05, 0) is 48.7 Å². The van der Waals surface area contributed by atoms with Gasteiger partial charge in [0, 0.05) is 17.9 Å². The Kier molecular flexibility index (Phi) is 3.99. The number of carbonyl (C=O) groups excluding carboxylic acids is 2. The number of aryl methyl sites for hydroxylation is 1. The lowest BCUT2D eigenvalue weighted by molar-refractivity contribution is -0.119. The Bertz CT molecular complexity index is 1010. The third kappa shape index (κ3) is 2.96. The van der Waals surface area contributed by atoms with Crippen LogP contribution in [-0.4, -0.2) is 17.9 Å². The van der Waals surface area contributed by atoms with Crippen LogP contribution in [0.5, 0.6) is 0 Å². The smallest absolute Gasteiger partial charge is 0.251 e. The zero-order valence-electron chi connectivity index (χ0n) is 14.7. The van der Waals surface area contributed by atoms with Crippen LogP contribution in [0.4, 0.5) is 0 Å². The summed E-state index contributed by atoms with van der Waals surface area (Å²) in [5.41, 5.74) is 3.54. The van der Waals surface area contributed by atoms with E-state index in [4.69, 9.17) is 4.42 Å². The molecule has 132 valence electrons. The molecule has 0 unspecified atom stereocenters. The number of carbonyl (C=O) groups is 2. The summed E-state index contributed by atoms with van der Waals surface area (Å²) in [7, 11) is 0. The average molecular weight is 348 g/mol. The lowest BCUT2D eigenvalue weighted by Gasteiger charge is -2.22. The summed E-state index contributed by atoms with van der Waals surface area (Å²) in [6.07, 6.45) is 0.709. The number of amides is 2.